The molecule has 0 aliphatic carbocycles. The predicted octanol–water partition coefficient (Wildman–Crippen LogP) is 2.86. The van der Waals surface area contributed by atoms with Crippen LogP contribution < -0.4 is 0 Å². The van der Waals surface area contributed by atoms with Crippen molar-refractivity contribution in [2.75, 3.05) is 13.1 Å². The molecule has 0 unspecified atom stereocenters. The van der Waals surface area contributed by atoms with E-state index in [4.69, 9.17) is 11.6 Å². The zero-order valence-electron chi connectivity index (χ0n) is 9.56. The van der Waals surface area contributed by atoms with Gasteiger partial charge in [-0.15, -0.1) is 0 Å². The lowest BCUT2D eigenvalue weighted by atomic mass is 10.0. The Kier molecular flexibility index (Phi) is 3.85. The van der Waals surface area contributed by atoms with E-state index in [9.17, 15) is 5.11 Å². The topological polar surface area (TPSA) is 23.5 Å². The van der Waals surface area contributed by atoms with Gasteiger partial charge in [0.15, 0.2) is 0 Å². The van der Waals surface area contributed by atoms with Crippen molar-refractivity contribution in [3.8, 4) is 0 Å². The van der Waals surface area contributed by atoms with Gasteiger partial charge < -0.3 is 5.11 Å². The molecule has 1 heterocycles. The van der Waals surface area contributed by atoms with Crippen LogP contribution in [0.15, 0.2) is 24.3 Å². The van der Waals surface area contributed by atoms with E-state index in [1.54, 1.807) is 0 Å². The van der Waals surface area contributed by atoms with Crippen molar-refractivity contribution < 1.29 is 5.11 Å². The number of nitrogens with zero attached hydrogens (tertiary/aromatic N) is 1. The molecule has 1 aromatic rings. The van der Waals surface area contributed by atoms with Crippen LogP contribution in [-0.4, -0.2) is 29.2 Å². The van der Waals surface area contributed by atoms with Gasteiger partial charge in [-0.2, -0.15) is 0 Å². The van der Waals surface area contributed by atoms with Crippen molar-refractivity contribution >= 4 is 11.6 Å². The van der Waals surface area contributed by atoms with Crippen molar-refractivity contribution in [3.63, 3.8) is 0 Å². The quantitative estimate of drug-likeness (QED) is 0.858. The predicted molar refractivity (Wildman–Crippen MR) is 66.7 cm³/mol. The summed E-state index contributed by atoms with van der Waals surface area (Å²) in [4.78, 5) is 2.32. The molecule has 1 aliphatic rings. The molecule has 1 fully saturated rings. The van der Waals surface area contributed by atoms with Gasteiger partial charge in [-0.25, -0.2) is 0 Å². The van der Waals surface area contributed by atoms with Crippen molar-refractivity contribution in [2.24, 2.45) is 0 Å². The highest BCUT2D eigenvalue weighted by molar-refractivity contribution is 6.30. The van der Waals surface area contributed by atoms with Gasteiger partial charge in [0.25, 0.3) is 0 Å². The summed E-state index contributed by atoms with van der Waals surface area (Å²) >= 11 is 5.99. The van der Waals surface area contributed by atoms with Crippen LogP contribution in [0.4, 0.5) is 0 Å². The first-order valence-electron chi connectivity index (χ1n) is 5.84. The minimum absolute atomic E-state index is 0.171. The molecule has 2 nitrogen and oxygen atoms in total. The third-order valence-electron chi connectivity index (χ3n) is 3.31. The van der Waals surface area contributed by atoms with Crippen molar-refractivity contribution in [2.45, 2.75) is 31.9 Å². The number of aliphatic hydroxyl groups is 1. The monoisotopic (exact) mass is 239 g/mol. The minimum Gasteiger partial charge on any atom is -0.392 e. The van der Waals surface area contributed by atoms with Gasteiger partial charge in [-0.1, -0.05) is 23.7 Å². The van der Waals surface area contributed by atoms with Crippen molar-refractivity contribution in [3.05, 3.63) is 34.9 Å². The Hall–Kier alpha value is -0.570. The van der Waals surface area contributed by atoms with Gasteiger partial charge in [0.1, 0.15) is 0 Å². The van der Waals surface area contributed by atoms with Gasteiger partial charge in [-0.05, 0) is 44.0 Å². The van der Waals surface area contributed by atoms with Crippen LogP contribution in [0.25, 0.3) is 0 Å². The van der Waals surface area contributed by atoms with Gasteiger partial charge in [0, 0.05) is 17.6 Å². The lowest BCUT2D eigenvalue weighted by Crippen LogP contribution is -2.39. The zero-order chi connectivity index (χ0) is 11.5. The minimum atomic E-state index is -0.171. The first-order chi connectivity index (χ1) is 7.66. The third kappa shape index (κ3) is 2.76. The van der Waals surface area contributed by atoms with Crippen molar-refractivity contribution in [1.82, 2.24) is 4.90 Å². The Morgan fingerprint density at radius 2 is 2.31 bits per heavy atom. The van der Waals surface area contributed by atoms with E-state index in [1.807, 2.05) is 18.2 Å². The highest BCUT2D eigenvalue weighted by Crippen LogP contribution is 2.25. The molecule has 1 N–H and O–H groups in total. The van der Waals surface area contributed by atoms with Gasteiger partial charge in [-0.3, -0.25) is 4.90 Å². The molecule has 0 spiro atoms. The number of piperidine rings is 1. The number of hydrogen-bond acceptors (Lipinski definition) is 2. The van der Waals surface area contributed by atoms with Crippen LogP contribution >= 0.6 is 11.6 Å². The summed E-state index contributed by atoms with van der Waals surface area (Å²) in [5, 5.41) is 10.4. The fourth-order valence-corrected chi connectivity index (χ4v) is 2.51. The van der Waals surface area contributed by atoms with Crippen LogP contribution in [0.3, 0.4) is 0 Å². The lowest BCUT2D eigenvalue weighted by molar-refractivity contribution is 0.0504. The van der Waals surface area contributed by atoms with E-state index >= 15 is 0 Å². The van der Waals surface area contributed by atoms with E-state index in [0.717, 1.165) is 31.0 Å². The fraction of sp³-hybridized carbons (Fsp3) is 0.538. The molecule has 1 saturated heterocycles. The average Bonchev–Trinajstić information content (AvgIpc) is 2.28. The Balaban J connectivity index is 2.09. The number of likely N-dealkylation sites (tertiary alicyclic amines) is 1. The number of hydrogen-bond donors (Lipinski definition) is 1. The Morgan fingerprint density at radius 3 is 3.00 bits per heavy atom. The standard InChI is InChI=1S/C13H18ClNO/c1-10(11-4-2-5-12(14)8-11)15-7-3-6-13(16)9-15/h2,4-5,8,10,13,16H,3,6-7,9H2,1H3/t10-,13+/m1/s1. The van der Waals surface area contributed by atoms with E-state index in [0.29, 0.717) is 6.04 Å². The number of halogens is 1. The number of rotatable bonds is 2. The Morgan fingerprint density at radius 1 is 1.50 bits per heavy atom. The molecule has 1 aromatic carbocycles. The van der Waals surface area contributed by atoms with Crippen LogP contribution in [0.2, 0.25) is 5.02 Å². The molecule has 0 radical (unpaired) electrons. The summed E-state index contributed by atoms with van der Waals surface area (Å²) < 4.78 is 0. The largest absolute Gasteiger partial charge is 0.392 e. The number of aliphatic hydroxyl groups excluding tert-OH is 1. The molecular formula is C13H18ClNO. The Labute approximate surface area is 102 Å². The van der Waals surface area contributed by atoms with E-state index in [1.165, 1.54) is 5.56 Å². The zero-order valence-corrected chi connectivity index (χ0v) is 10.3. The first-order valence-corrected chi connectivity index (χ1v) is 6.22. The maximum Gasteiger partial charge on any atom is 0.0667 e. The van der Waals surface area contributed by atoms with Crippen LogP contribution in [-0.2, 0) is 0 Å². The number of β-amino-alcohol motifs (C(OH)–C–C–N with tert-alkyl or cyclic N) is 1. The molecule has 1 aliphatic heterocycles. The van der Waals surface area contributed by atoms with Gasteiger partial charge in [0.05, 0.1) is 6.10 Å². The summed E-state index contributed by atoms with van der Waals surface area (Å²) in [5.41, 5.74) is 1.22. The Bertz CT molecular complexity index is 356. The second-order valence-corrected chi connectivity index (χ2v) is 4.96. The molecule has 0 amide bonds. The maximum absolute atomic E-state index is 9.66. The summed E-state index contributed by atoms with van der Waals surface area (Å²) in [6.07, 6.45) is 1.83. The number of benzene rings is 1. The summed E-state index contributed by atoms with van der Waals surface area (Å²) in [6.45, 7) is 4.00. The summed E-state index contributed by atoms with van der Waals surface area (Å²) in [6, 6.07) is 8.30. The molecule has 3 heteroatoms. The molecule has 88 valence electrons. The molecule has 0 aromatic heterocycles. The molecule has 2 atom stereocenters. The lowest BCUT2D eigenvalue weighted by Gasteiger charge is -2.35. The first kappa shape index (κ1) is 11.9. The molecule has 0 bridgehead atoms. The highest BCUT2D eigenvalue weighted by atomic mass is 35.5. The molecular weight excluding hydrogens is 222 g/mol. The van der Waals surface area contributed by atoms with Gasteiger partial charge in [0.2, 0.25) is 0 Å². The fourth-order valence-electron chi connectivity index (χ4n) is 2.31. The van der Waals surface area contributed by atoms with Crippen molar-refractivity contribution in [1.29, 1.82) is 0 Å². The van der Waals surface area contributed by atoms with Gasteiger partial charge >= 0.3 is 0 Å². The van der Waals surface area contributed by atoms with E-state index < -0.39 is 0 Å². The SMILES string of the molecule is C[C@H](c1cccc(Cl)c1)N1CCC[C@H](O)C1. The maximum atomic E-state index is 9.66. The van der Waals surface area contributed by atoms with E-state index in [2.05, 4.69) is 17.9 Å². The highest BCUT2D eigenvalue weighted by Gasteiger charge is 2.22. The summed E-state index contributed by atoms with van der Waals surface area (Å²) in [5.74, 6) is 0. The summed E-state index contributed by atoms with van der Waals surface area (Å²) in [7, 11) is 0. The van der Waals surface area contributed by atoms with Crippen LogP contribution in [0.1, 0.15) is 31.4 Å². The average molecular weight is 240 g/mol. The van der Waals surface area contributed by atoms with Crippen LogP contribution in [0.5, 0.6) is 0 Å². The smallest absolute Gasteiger partial charge is 0.0667 e. The second kappa shape index (κ2) is 5.17. The second-order valence-electron chi connectivity index (χ2n) is 4.52. The molecule has 0 saturated carbocycles. The van der Waals surface area contributed by atoms with E-state index in [-0.39, 0.29) is 6.10 Å². The van der Waals surface area contributed by atoms with Crippen LogP contribution in [0, 0.1) is 0 Å². The normalized spacial score (nSPS) is 24.3. The molecule has 16 heavy (non-hydrogen) atoms. The third-order valence-corrected chi connectivity index (χ3v) is 3.54. The molecule has 2 rings (SSSR count).